The number of hydrogen-bond acceptors (Lipinski definition) is 2. The van der Waals surface area contributed by atoms with Crippen LogP contribution in [0.1, 0.15) is 52.9 Å². The second-order valence-corrected chi connectivity index (χ2v) is 3.86. The lowest BCUT2D eigenvalue weighted by Crippen LogP contribution is -2.49. The molecule has 1 amide bonds. The minimum atomic E-state index is -0.865. The molecule has 0 rings (SSSR count). The van der Waals surface area contributed by atoms with Gasteiger partial charge in [-0.25, -0.2) is 0 Å². The Morgan fingerprint density at radius 1 is 1.20 bits per heavy atom. The summed E-state index contributed by atoms with van der Waals surface area (Å²) in [6.07, 6.45) is 2.52. The van der Waals surface area contributed by atoms with Crippen molar-refractivity contribution in [2.45, 2.75) is 58.4 Å². The monoisotopic (exact) mass is 215 g/mol. The van der Waals surface area contributed by atoms with Crippen molar-refractivity contribution < 1.29 is 14.7 Å². The fourth-order valence-electron chi connectivity index (χ4n) is 1.60. The third-order valence-electron chi connectivity index (χ3n) is 2.72. The van der Waals surface area contributed by atoms with Crippen LogP contribution in [0.25, 0.3) is 0 Å². The fraction of sp³-hybridized carbons (Fsp3) is 0.818. The summed E-state index contributed by atoms with van der Waals surface area (Å²) in [5, 5.41) is 11.6. The molecule has 0 aliphatic rings. The highest BCUT2D eigenvalue weighted by molar-refractivity contribution is 5.78. The molecule has 2 N–H and O–H groups in total. The summed E-state index contributed by atoms with van der Waals surface area (Å²) in [5.41, 5.74) is -0.571. The van der Waals surface area contributed by atoms with Gasteiger partial charge in [0.15, 0.2) is 0 Å². The molecule has 0 spiro atoms. The molecular weight excluding hydrogens is 194 g/mol. The van der Waals surface area contributed by atoms with Crippen molar-refractivity contribution in [3.8, 4) is 0 Å². The Labute approximate surface area is 91.1 Å². The molecule has 0 saturated heterocycles. The number of carbonyl (C=O) groups excluding carboxylic acids is 1. The van der Waals surface area contributed by atoms with E-state index < -0.39 is 11.5 Å². The highest BCUT2D eigenvalue weighted by Crippen LogP contribution is 2.20. The summed E-state index contributed by atoms with van der Waals surface area (Å²) in [4.78, 5) is 22.2. The van der Waals surface area contributed by atoms with Crippen LogP contribution in [-0.4, -0.2) is 22.5 Å². The van der Waals surface area contributed by atoms with Gasteiger partial charge < -0.3 is 10.4 Å². The summed E-state index contributed by atoms with van der Waals surface area (Å²) in [6.45, 7) is 5.73. The lowest BCUT2D eigenvalue weighted by Gasteiger charge is -2.31. The SMILES string of the molecule is CCCC(=O)NC(CC)(CC)CC(=O)O. The molecule has 0 aromatic rings. The van der Waals surface area contributed by atoms with Gasteiger partial charge in [0.25, 0.3) is 0 Å². The first-order chi connectivity index (χ1) is 6.99. The molecule has 0 bridgehead atoms. The third-order valence-corrected chi connectivity index (χ3v) is 2.72. The molecular formula is C11H21NO3. The first-order valence-electron chi connectivity index (χ1n) is 5.52. The summed E-state index contributed by atoms with van der Waals surface area (Å²) >= 11 is 0. The summed E-state index contributed by atoms with van der Waals surface area (Å²) in [5.74, 6) is -0.919. The van der Waals surface area contributed by atoms with Gasteiger partial charge in [0.05, 0.1) is 6.42 Å². The number of nitrogens with one attached hydrogen (secondary N) is 1. The standard InChI is InChI=1S/C11H21NO3/c1-4-7-9(13)12-11(5-2,6-3)8-10(14)15/h4-8H2,1-3H3,(H,12,13)(H,14,15). The number of hydrogen-bond donors (Lipinski definition) is 2. The third kappa shape index (κ3) is 4.81. The lowest BCUT2D eigenvalue weighted by atomic mass is 9.88. The van der Waals surface area contributed by atoms with E-state index in [1.807, 2.05) is 20.8 Å². The van der Waals surface area contributed by atoms with Crippen molar-refractivity contribution in [3.63, 3.8) is 0 Å². The van der Waals surface area contributed by atoms with Crippen LogP contribution in [0.5, 0.6) is 0 Å². The van der Waals surface area contributed by atoms with Crippen LogP contribution in [0.2, 0.25) is 0 Å². The molecule has 4 heteroatoms. The van der Waals surface area contributed by atoms with Gasteiger partial charge >= 0.3 is 5.97 Å². The van der Waals surface area contributed by atoms with Crippen molar-refractivity contribution in [2.75, 3.05) is 0 Å². The topological polar surface area (TPSA) is 66.4 Å². The molecule has 0 aromatic heterocycles. The molecule has 0 heterocycles. The number of aliphatic carboxylic acids is 1. The van der Waals surface area contributed by atoms with Gasteiger partial charge in [-0.3, -0.25) is 9.59 Å². The van der Waals surface area contributed by atoms with Gasteiger partial charge in [0.2, 0.25) is 5.91 Å². The van der Waals surface area contributed by atoms with Crippen molar-refractivity contribution in [1.82, 2.24) is 5.32 Å². The second kappa shape index (κ2) is 6.43. The fourth-order valence-corrected chi connectivity index (χ4v) is 1.60. The Balaban J connectivity index is 4.48. The molecule has 0 radical (unpaired) electrons. The maximum atomic E-state index is 11.5. The van der Waals surface area contributed by atoms with Crippen LogP contribution < -0.4 is 5.32 Å². The van der Waals surface area contributed by atoms with Gasteiger partial charge in [0.1, 0.15) is 0 Å². The second-order valence-electron chi connectivity index (χ2n) is 3.86. The van der Waals surface area contributed by atoms with Crippen LogP contribution in [0.4, 0.5) is 0 Å². The van der Waals surface area contributed by atoms with Crippen molar-refractivity contribution in [3.05, 3.63) is 0 Å². The zero-order chi connectivity index (χ0) is 11.9. The number of rotatable bonds is 7. The molecule has 0 atom stereocenters. The van der Waals surface area contributed by atoms with E-state index in [-0.39, 0.29) is 12.3 Å². The largest absolute Gasteiger partial charge is 0.481 e. The molecule has 0 aliphatic heterocycles. The van der Waals surface area contributed by atoms with Crippen LogP contribution >= 0.6 is 0 Å². The molecule has 15 heavy (non-hydrogen) atoms. The number of carbonyl (C=O) groups is 2. The van der Waals surface area contributed by atoms with Gasteiger partial charge in [-0.1, -0.05) is 20.8 Å². The van der Waals surface area contributed by atoms with E-state index in [4.69, 9.17) is 5.11 Å². The smallest absolute Gasteiger partial charge is 0.305 e. The number of carboxylic acid groups (broad SMARTS) is 1. The zero-order valence-corrected chi connectivity index (χ0v) is 9.80. The Kier molecular flexibility index (Phi) is 5.97. The average Bonchev–Trinajstić information content (AvgIpc) is 2.16. The average molecular weight is 215 g/mol. The first-order valence-corrected chi connectivity index (χ1v) is 5.52. The van der Waals surface area contributed by atoms with Gasteiger partial charge in [-0.15, -0.1) is 0 Å². The summed E-state index contributed by atoms with van der Waals surface area (Å²) in [7, 11) is 0. The van der Waals surface area contributed by atoms with Crippen LogP contribution in [0, 0.1) is 0 Å². The quantitative estimate of drug-likeness (QED) is 0.682. The number of amides is 1. The van der Waals surface area contributed by atoms with Crippen molar-refractivity contribution in [1.29, 1.82) is 0 Å². The van der Waals surface area contributed by atoms with Gasteiger partial charge in [0, 0.05) is 12.0 Å². The van der Waals surface area contributed by atoms with Crippen LogP contribution in [0.3, 0.4) is 0 Å². The Morgan fingerprint density at radius 3 is 2.07 bits per heavy atom. The van der Waals surface area contributed by atoms with E-state index in [0.717, 1.165) is 6.42 Å². The Hall–Kier alpha value is -1.06. The summed E-state index contributed by atoms with van der Waals surface area (Å²) in [6, 6.07) is 0. The number of carboxylic acids is 1. The molecule has 0 fully saturated rings. The predicted octanol–water partition coefficient (Wildman–Crippen LogP) is 1.94. The Bertz CT molecular complexity index is 222. The van der Waals surface area contributed by atoms with Crippen LogP contribution in [-0.2, 0) is 9.59 Å². The van der Waals surface area contributed by atoms with E-state index in [9.17, 15) is 9.59 Å². The molecule has 0 saturated carbocycles. The van der Waals surface area contributed by atoms with E-state index in [0.29, 0.717) is 19.3 Å². The lowest BCUT2D eigenvalue weighted by molar-refractivity contribution is -0.139. The maximum Gasteiger partial charge on any atom is 0.305 e. The highest BCUT2D eigenvalue weighted by atomic mass is 16.4. The van der Waals surface area contributed by atoms with Crippen molar-refractivity contribution in [2.24, 2.45) is 0 Å². The minimum Gasteiger partial charge on any atom is -0.481 e. The van der Waals surface area contributed by atoms with Crippen molar-refractivity contribution >= 4 is 11.9 Å². The molecule has 4 nitrogen and oxygen atoms in total. The zero-order valence-electron chi connectivity index (χ0n) is 9.80. The molecule has 88 valence electrons. The summed E-state index contributed by atoms with van der Waals surface area (Å²) < 4.78 is 0. The van der Waals surface area contributed by atoms with E-state index >= 15 is 0 Å². The highest BCUT2D eigenvalue weighted by Gasteiger charge is 2.30. The molecule has 0 unspecified atom stereocenters. The Morgan fingerprint density at radius 2 is 1.73 bits per heavy atom. The van der Waals surface area contributed by atoms with E-state index in [1.165, 1.54) is 0 Å². The van der Waals surface area contributed by atoms with Gasteiger partial charge in [-0.05, 0) is 19.3 Å². The van der Waals surface area contributed by atoms with Crippen LogP contribution in [0.15, 0.2) is 0 Å². The van der Waals surface area contributed by atoms with E-state index in [2.05, 4.69) is 5.32 Å². The van der Waals surface area contributed by atoms with E-state index in [1.54, 1.807) is 0 Å². The minimum absolute atomic E-state index is 0.00451. The first kappa shape index (κ1) is 13.9. The molecule has 0 aromatic carbocycles. The predicted molar refractivity (Wildman–Crippen MR) is 58.6 cm³/mol. The molecule has 0 aliphatic carbocycles. The maximum absolute atomic E-state index is 11.5. The normalized spacial score (nSPS) is 11.1. The van der Waals surface area contributed by atoms with Gasteiger partial charge in [-0.2, -0.15) is 0 Å².